The first kappa shape index (κ1) is 29.2. The zero-order chi connectivity index (χ0) is 30.0. The summed E-state index contributed by atoms with van der Waals surface area (Å²) in [7, 11) is 2.89. The second-order valence-electron chi connectivity index (χ2n) is 10.7. The number of hydrogen-bond donors (Lipinski definition) is 3. The van der Waals surface area contributed by atoms with Crippen molar-refractivity contribution in [2.24, 2.45) is 5.92 Å². The molecule has 0 saturated carbocycles. The topological polar surface area (TPSA) is 109 Å². The van der Waals surface area contributed by atoms with Gasteiger partial charge in [-0.15, -0.1) is 0 Å². The molecule has 2 fully saturated rings. The van der Waals surface area contributed by atoms with Crippen molar-refractivity contribution in [3.05, 3.63) is 71.0 Å². The molecule has 0 spiro atoms. The molecule has 3 aromatic rings. The van der Waals surface area contributed by atoms with Gasteiger partial charge < -0.3 is 25.4 Å². The van der Waals surface area contributed by atoms with Gasteiger partial charge in [0.25, 0.3) is 0 Å². The smallest absolute Gasteiger partial charge is 0.323 e. The van der Waals surface area contributed by atoms with E-state index in [9.17, 15) is 14.4 Å². The lowest BCUT2D eigenvalue weighted by atomic mass is 9.90. The number of rotatable bonds is 8. The van der Waals surface area contributed by atoms with E-state index in [1.165, 1.54) is 13.1 Å². The van der Waals surface area contributed by atoms with Crippen molar-refractivity contribution in [2.45, 2.75) is 32.9 Å². The zero-order valence-electron chi connectivity index (χ0n) is 24.2. The number of amides is 4. The van der Waals surface area contributed by atoms with Crippen LogP contribution in [0.2, 0.25) is 0 Å². The van der Waals surface area contributed by atoms with Crippen LogP contribution in [-0.2, 0) is 20.9 Å². The van der Waals surface area contributed by atoms with Crippen LogP contribution in [0, 0.1) is 25.6 Å². The van der Waals surface area contributed by atoms with Gasteiger partial charge in [0.15, 0.2) is 0 Å². The fourth-order valence-corrected chi connectivity index (χ4v) is 5.52. The van der Waals surface area contributed by atoms with Crippen molar-refractivity contribution < 1.29 is 28.2 Å². The summed E-state index contributed by atoms with van der Waals surface area (Å²) in [4.78, 5) is 38.2. The first-order valence-electron chi connectivity index (χ1n) is 13.9. The Kier molecular flexibility index (Phi) is 8.56. The molecule has 1 unspecified atom stereocenters. The lowest BCUT2D eigenvalue weighted by molar-refractivity contribution is -0.138. The Morgan fingerprint density at radius 1 is 1.10 bits per heavy atom. The van der Waals surface area contributed by atoms with Gasteiger partial charge in [0, 0.05) is 44.0 Å². The molecule has 3 aromatic carbocycles. The standard InChI is InChI=1S/C32H35FN4O5/c1-18-22(20-13-27(33)25(29(14-20)41-4)15-34-21-11-12-42-17-21)7-5-8-23(18)24-9-6-10-28(19(24)2)36-30(38)26-16-35-32(40)37(3)31(26)39/h5-10,13-14,21,26,34H,11-12,15-17H2,1-4H3,(H,35,40)(H,36,38)/t21-,26?/m0/s1. The molecule has 5 rings (SSSR count). The highest BCUT2D eigenvalue weighted by atomic mass is 19.1. The SMILES string of the molecule is COc1cc(-c2cccc(-c3cccc(NC(=O)C4CNC(=O)N(C)C4=O)c3C)c2C)cc(F)c1CN[C@H]1CCOC1. The number of hydrogen-bond acceptors (Lipinski definition) is 6. The lowest BCUT2D eigenvalue weighted by Gasteiger charge is -2.28. The molecule has 2 heterocycles. The quantitative estimate of drug-likeness (QED) is 0.344. The maximum Gasteiger partial charge on any atom is 0.323 e. The third-order valence-corrected chi connectivity index (χ3v) is 8.11. The minimum absolute atomic E-state index is 0.0579. The number of carbonyl (C=O) groups is 3. The van der Waals surface area contributed by atoms with E-state index in [-0.39, 0.29) is 18.4 Å². The number of carbonyl (C=O) groups excluding carboxylic acids is 3. The predicted molar refractivity (Wildman–Crippen MR) is 158 cm³/mol. The maximum absolute atomic E-state index is 15.4. The number of urea groups is 1. The molecule has 9 nitrogen and oxygen atoms in total. The molecule has 2 saturated heterocycles. The zero-order valence-corrected chi connectivity index (χ0v) is 24.2. The molecule has 2 aliphatic heterocycles. The molecule has 3 N–H and O–H groups in total. The third kappa shape index (κ3) is 5.73. The van der Waals surface area contributed by atoms with Crippen LogP contribution in [-0.4, -0.2) is 62.7 Å². The van der Waals surface area contributed by atoms with E-state index >= 15 is 4.39 Å². The average Bonchev–Trinajstić information content (AvgIpc) is 3.50. The van der Waals surface area contributed by atoms with E-state index in [0.29, 0.717) is 42.3 Å². The Bertz CT molecular complexity index is 1540. The molecule has 4 amide bonds. The second-order valence-corrected chi connectivity index (χ2v) is 10.7. The lowest BCUT2D eigenvalue weighted by Crippen LogP contribution is -2.56. The van der Waals surface area contributed by atoms with Gasteiger partial charge >= 0.3 is 6.03 Å². The monoisotopic (exact) mass is 574 g/mol. The summed E-state index contributed by atoms with van der Waals surface area (Å²) in [5.74, 6) is -1.93. The molecule has 0 aromatic heterocycles. The first-order valence-corrected chi connectivity index (χ1v) is 13.9. The summed E-state index contributed by atoms with van der Waals surface area (Å²) < 4.78 is 26.4. The van der Waals surface area contributed by atoms with Crippen molar-refractivity contribution in [3.63, 3.8) is 0 Å². The highest BCUT2D eigenvalue weighted by Crippen LogP contribution is 2.38. The van der Waals surface area contributed by atoms with Gasteiger partial charge in [-0.1, -0.05) is 30.3 Å². The fraction of sp³-hybridized carbons (Fsp3) is 0.344. The Morgan fingerprint density at radius 2 is 1.81 bits per heavy atom. The van der Waals surface area contributed by atoms with Gasteiger partial charge in [0.1, 0.15) is 17.5 Å². The summed E-state index contributed by atoms with van der Waals surface area (Å²) in [5.41, 5.74) is 6.15. The van der Waals surface area contributed by atoms with E-state index in [2.05, 4.69) is 16.0 Å². The van der Waals surface area contributed by atoms with Crippen molar-refractivity contribution in [2.75, 3.05) is 39.2 Å². The van der Waals surface area contributed by atoms with Crippen molar-refractivity contribution in [1.29, 1.82) is 0 Å². The highest BCUT2D eigenvalue weighted by Gasteiger charge is 2.36. The number of benzene rings is 3. The Balaban J connectivity index is 1.42. The Morgan fingerprint density at radius 3 is 2.52 bits per heavy atom. The van der Waals surface area contributed by atoms with E-state index < -0.39 is 23.8 Å². The molecule has 10 heteroatoms. The molecule has 0 aliphatic carbocycles. The van der Waals surface area contributed by atoms with Crippen molar-refractivity contribution in [3.8, 4) is 28.0 Å². The molecule has 0 bridgehead atoms. The van der Waals surface area contributed by atoms with Crippen LogP contribution >= 0.6 is 0 Å². The normalized spacial score (nSPS) is 18.6. The molecular formula is C32H35FN4O5. The van der Waals surface area contributed by atoms with Gasteiger partial charge in [0.2, 0.25) is 11.8 Å². The van der Waals surface area contributed by atoms with Gasteiger partial charge in [-0.05, 0) is 71.8 Å². The summed E-state index contributed by atoms with van der Waals surface area (Å²) in [6, 6.07) is 14.5. The van der Waals surface area contributed by atoms with E-state index in [0.717, 1.165) is 39.1 Å². The van der Waals surface area contributed by atoms with Gasteiger partial charge in [0.05, 0.1) is 13.7 Å². The fourth-order valence-electron chi connectivity index (χ4n) is 5.52. The first-order chi connectivity index (χ1) is 20.2. The third-order valence-electron chi connectivity index (χ3n) is 8.11. The van der Waals surface area contributed by atoms with Crippen LogP contribution in [0.4, 0.5) is 14.9 Å². The van der Waals surface area contributed by atoms with Crippen molar-refractivity contribution in [1.82, 2.24) is 15.5 Å². The maximum atomic E-state index is 15.4. The van der Waals surface area contributed by atoms with E-state index in [4.69, 9.17) is 9.47 Å². The predicted octanol–water partition coefficient (Wildman–Crippen LogP) is 4.40. The van der Waals surface area contributed by atoms with Gasteiger partial charge in [-0.25, -0.2) is 9.18 Å². The molecule has 0 radical (unpaired) electrons. The Hall–Kier alpha value is -4.28. The number of halogens is 1. The summed E-state index contributed by atoms with van der Waals surface area (Å²) in [6.07, 6.45) is 0.895. The summed E-state index contributed by atoms with van der Waals surface area (Å²) in [6.45, 7) is 5.49. The van der Waals surface area contributed by atoms with E-state index in [1.54, 1.807) is 13.2 Å². The molecule has 220 valence electrons. The van der Waals surface area contributed by atoms with Crippen LogP contribution in [0.3, 0.4) is 0 Å². The van der Waals surface area contributed by atoms with E-state index in [1.807, 2.05) is 50.2 Å². The van der Waals surface area contributed by atoms with Crippen molar-refractivity contribution >= 4 is 23.5 Å². The Labute approximate surface area is 244 Å². The number of imide groups is 1. The average molecular weight is 575 g/mol. The largest absolute Gasteiger partial charge is 0.496 e. The second kappa shape index (κ2) is 12.3. The van der Waals surface area contributed by atoms with Crippen LogP contribution in [0.15, 0.2) is 48.5 Å². The number of nitrogens with zero attached hydrogens (tertiary/aromatic N) is 1. The van der Waals surface area contributed by atoms with Crippen LogP contribution in [0.1, 0.15) is 23.1 Å². The molecule has 2 atom stereocenters. The molecule has 42 heavy (non-hydrogen) atoms. The number of nitrogens with one attached hydrogen (secondary N) is 3. The minimum atomic E-state index is -1.02. The van der Waals surface area contributed by atoms with Gasteiger partial charge in [-0.3, -0.25) is 14.5 Å². The number of methoxy groups -OCH3 is 1. The summed E-state index contributed by atoms with van der Waals surface area (Å²) >= 11 is 0. The molecular weight excluding hydrogens is 539 g/mol. The highest BCUT2D eigenvalue weighted by molar-refractivity contribution is 6.12. The summed E-state index contributed by atoms with van der Waals surface area (Å²) in [5, 5.41) is 8.77. The van der Waals surface area contributed by atoms with Crippen LogP contribution < -0.4 is 20.7 Å². The van der Waals surface area contributed by atoms with Crippen LogP contribution in [0.25, 0.3) is 22.3 Å². The number of anilines is 1. The number of ether oxygens (including phenoxy) is 2. The molecule has 2 aliphatic rings. The van der Waals surface area contributed by atoms with Gasteiger partial charge in [-0.2, -0.15) is 0 Å². The minimum Gasteiger partial charge on any atom is -0.496 e. The van der Waals surface area contributed by atoms with Crippen LogP contribution in [0.5, 0.6) is 5.75 Å².